The molecule has 0 bridgehead atoms. The van der Waals surface area contributed by atoms with Crippen LogP contribution in [0, 0.1) is 5.82 Å². The van der Waals surface area contributed by atoms with E-state index in [2.05, 4.69) is 14.4 Å². The van der Waals surface area contributed by atoms with E-state index in [1.54, 1.807) is 6.92 Å². The van der Waals surface area contributed by atoms with E-state index in [0.29, 0.717) is 29.0 Å². The zero-order chi connectivity index (χ0) is 18.1. The summed E-state index contributed by atoms with van der Waals surface area (Å²) in [7, 11) is 0. The lowest BCUT2D eigenvalue weighted by Gasteiger charge is -2.22. The first-order valence-corrected chi connectivity index (χ1v) is 8.66. The summed E-state index contributed by atoms with van der Waals surface area (Å²) in [5, 5.41) is 3.57. The lowest BCUT2D eigenvalue weighted by Crippen LogP contribution is -2.33. The van der Waals surface area contributed by atoms with Crippen LogP contribution in [0.3, 0.4) is 0 Å². The summed E-state index contributed by atoms with van der Waals surface area (Å²) >= 11 is -1.45. The molecule has 0 amide bonds. The maximum absolute atomic E-state index is 14.0. The van der Waals surface area contributed by atoms with E-state index in [1.165, 1.54) is 12.1 Å². The predicted octanol–water partition coefficient (Wildman–Crippen LogP) is 4.10. The SMILES string of the molecule is CC(=N[S+]([O-])C(C)(C)C)c1cc(F)cc2c1O[C@](C)(CN=[N+]=[N-])C2. The Labute approximate surface area is 144 Å². The zero-order valence-corrected chi connectivity index (χ0v) is 15.3. The van der Waals surface area contributed by atoms with Crippen molar-refractivity contribution in [1.82, 2.24) is 0 Å². The third-order valence-corrected chi connectivity index (χ3v) is 5.13. The van der Waals surface area contributed by atoms with Crippen LogP contribution < -0.4 is 4.74 Å². The summed E-state index contributed by atoms with van der Waals surface area (Å²) in [4.78, 5) is 2.76. The van der Waals surface area contributed by atoms with Gasteiger partial charge < -0.3 is 9.29 Å². The van der Waals surface area contributed by atoms with Crippen molar-refractivity contribution in [1.29, 1.82) is 0 Å². The molecule has 1 aromatic carbocycles. The molecule has 0 radical (unpaired) electrons. The van der Waals surface area contributed by atoms with Gasteiger partial charge in [-0.3, -0.25) is 0 Å². The molecule has 1 heterocycles. The molecular formula is C16H21FN4O2S. The Kier molecular flexibility index (Phi) is 5.13. The van der Waals surface area contributed by atoms with E-state index < -0.39 is 27.5 Å². The number of ether oxygens (including phenoxy) is 1. The number of hydrogen-bond acceptors (Lipinski definition) is 4. The van der Waals surface area contributed by atoms with E-state index in [4.69, 9.17) is 10.3 Å². The minimum absolute atomic E-state index is 0.142. The fraction of sp³-hybridized carbons (Fsp3) is 0.562. The second kappa shape index (κ2) is 6.63. The Bertz CT molecular complexity index is 726. The van der Waals surface area contributed by atoms with Crippen LogP contribution in [0.1, 0.15) is 45.7 Å². The van der Waals surface area contributed by atoms with Crippen molar-refractivity contribution in [2.45, 2.75) is 51.4 Å². The van der Waals surface area contributed by atoms with Crippen molar-refractivity contribution in [3.8, 4) is 5.75 Å². The Morgan fingerprint density at radius 1 is 1.50 bits per heavy atom. The van der Waals surface area contributed by atoms with E-state index >= 15 is 0 Å². The van der Waals surface area contributed by atoms with Crippen molar-refractivity contribution >= 4 is 17.1 Å². The topological polar surface area (TPSA) is 93.4 Å². The number of hydrogen-bond donors (Lipinski definition) is 0. The highest BCUT2D eigenvalue weighted by Crippen LogP contribution is 2.39. The maximum Gasteiger partial charge on any atom is 0.144 e. The van der Waals surface area contributed by atoms with Crippen molar-refractivity contribution in [2.24, 2.45) is 9.51 Å². The fourth-order valence-corrected chi connectivity index (χ4v) is 3.06. The monoisotopic (exact) mass is 352 g/mol. The normalized spacial score (nSPS) is 21.7. The lowest BCUT2D eigenvalue weighted by molar-refractivity contribution is 0.125. The van der Waals surface area contributed by atoms with Crippen molar-refractivity contribution < 1.29 is 13.7 Å². The van der Waals surface area contributed by atoms with Gasteiger partial charge >= 0.3 is 0 Å². The van der Waals surface area contributed by atoms with Gasteiger partial charge in [-0.1, -0.05) is 9.51 Å². The Morgan fingerprint density at radius 2 is 2.17 bits per heavy atom. The van der Waals surface area contributed by atoms with E-state index in [9.17, 15) is 8.94 Å². The van der Waals surface area contributed by atoms with Crippen LogP contribution in [-0.2, 0) is 17.8 Å². The quantitative estimate of drug-likeness (QED) is 0.268. The minimum atomic E-state index is -1.45. The molecule has 130 valence electrons. The molecule has 0 N–H and O–H groups in total. The van der Waals surface area contributed by atoms with Gasteiger partial charge in [0.2, 0.25) is 0 Å². The molecule has 1 unspecified atom stereocenters. The minimum Gasteiger partial charge on any atom is -0.591 e. The van der Waals surface area contributed by atoms with Crippen LogP contribution in [0.4, 0.5) is 4.39 Å². The summed E-state index contributed by atoms with van der Waals surface area (Å²) in [6.45, 7) is 9.10. The highest BCUT2D eigenvalue weighted by Gasteiger charge is 2.37. The largest absolute Gasteiger partial charge is 0.591 e. The highest BCUT2D eigenvalue weighted by atomic mass is 32.2. The molecule has 1 aliphatic rings. The van der Waals surface area contributed by atoms with Crippen molar-refractivity contribution in [3.05, 3.63) is 39.5 Å². The van der Waals surface area contributed by atoms with Crippen LogP contribution in [0.5, 0.6) is 5.75 Å². The molecule has 0 saturated heterocycles. The molecule has 0 fully saturated rings. The number of rotatable bonds is 4. The molecule has 0 spiro atoms. The van der Waals surface area contributed by atoms with Gasteiger partial charge in [0.05, 0.1) is 12.3 Å². The van der Waals surface area contributed by atoms with Gasteiger partial charge in [-0.2, -0.15) is 0 Å². The van der Waals surface area contributed by atoms with Crippen molar-refractivity contribution in [3.63, 3.8) is 0 Å². The van der Waals surface area contributed by atoms with Gasteiger partial charge in [-0.25, -0.2) is 4.39 Å². The predicted molar refractivity (Wildman–Crippen MR) is 93.3 cm³/mol. The first kappa shape index (κ1) is 18.6. The van der Waals surface area contributed by atoms with Gasteiger partial charge in [-0.05, 0) is 52.3 Å². The number of nitrogens with zero attached hydrogens (tertiary/aromatic N) is 4. The molecule has 0 aromatic heterocycles. The van der Waals surface area contributed by atoms with Gasteiger partial charge in [-0.15, -0.1) is 0 Å². The average molecular weight is 352 g/mol. The van der Waals surface area contributed by atoms with E-state index in [0.717, 1.165) is 0 Å². The fourth-order valence-electron chi connectivity index (χ4n) is 2.44. The maximum atomic E-state index is 14.0. The first-order chi connectivity index (χ1) is 11.1. The van der Waals surface area contributed by atoms with Crippen LogP contribution in [0.25, 0.3) is 10.4 Å². The molecule has 8 heteroatoms. The summed E-state index contributed by atoms with van der Waals surface area (Å²) in [5.74, 6) is 0.107. The first-order valence-electron chi connectivity index (χ1n) is 7.56. The van der Waals surface area contributed by atoms with E-state index in [-0.39, 0.29) is 6.54 Å². The molecule has 1 aliphatic heterocycles. The standard InChI is InChI=1S/C16H21FN4O2S/c1-10(20-24(22)15(2,3)4)13-7-12(17)6-11-8-16(5,9-19-21-18)23-14(11)13/h6-7H,8-9H2,1-5H3/t16-,24?/m0/s1. The Hall–Kier alpha value is -1.76. The van der Waals surface area contributed by atoms with Crippen LogP contribution in [0.15, 0.2) is 21.6 Å². The molecule has 24 heavy (non-hydrogen) atoms. The number of azide groups is 1. The third-order valence-electron chi connectivity index (χ3n) is 3.65. The smallest absolute Gasteiger partial charge is 0.144 e. The summed E-state index contributed by atoms with van der Waals surface area (Å²) in [6.07, 6.45) is 0.432. The van der Waals surface area contributed by atoms with Crippen LogP contribution in [0.2, 0.25) is 0 Å². The molecule has 6 nitrogen and oxygen atoms in total. The second-order valence-electron chi connectivity index (χ2n) is 7.10. The molecular weight excluding hydrogens is 331 g/mol. The summed E-state index contributed by atoms with van der Waals surface area (Å²) in [5.41, 5.74) is 9.41. The lowest BCUT2D eigenvalue weighted by atomic mass is 9.98. The summed E-state index contributed by atoms with van der Waals surface area (Å²) < 4.78 is 35.9. The Balaban J connectivity index is 2.42. The molecule has 0 aliphatic carbocycles. The molecule has 1 aromatic rings. The molecule has 2 atom stereocenters. The van der Waals surface area contributed by atoms with Gasteiger partial charge in [0.15, 0.2) is 0 Å². The zero-order valence-electron chi connectivity index (χ0n) is 14.5. The van der Waals surface area contributed by atoms with Crippen LogP contribution in [-0.4, -0.2) is 27.2 Å². The average Bonchev–Trinajstić information content (AvgIpc) is 2.79. The number of fused-ring (bicyclic) bond motifs is 1. The van der Waals surface area contributed by atoms with Crippen molar-refractivity contribution in [2.75, 3.05) is 6.54 Å². The highest BCUT2D eigenvalue weighted by molar-refractivity contribution is 7.91. The Morgan fingerprint density at radius 3 is 2.75 bits per heavy atom. The number of benzene rings is 1. The number of halogens is 1. The summed E-state index contributed by atoms with van der Waals surface area (Å²) in [6, 6.07) is 2.74. The van der Waals surface area contributed by atoms with Gasteiger partial charge in [0.1, 0.15) is 33.3 Å². The molecule has 0 saturated carbocycles. The van der Waals surface area contributed by atoms with E-state index in [1.807, 2.05) is 27.7 Å². The van der Waals surface area contributed by atoms with Crippen LogP contribution >= 0.6 is 0 Å². The second-order valence-corrected chi connectivity index (χ2v) is 9.00. The molecule has 2 rings (SSSR count). The van der Waals surface area contributed by atoms with Gasteiger partial charge in [0.25, 0.3) is 0 Å². The van der Waals surface area contributed by atoms with Gasteiger partial charge in [0, 0.05) is 22.5 Å². The third kappa shape index (κ3) is 4.01.